The van der Waals surface area contributed by atoms with Crippen molar-refractivity contribution in [1.29, 1.82) is 0 Å². The van der Waals surface area contributed by atoms with Crippen LogP contribution in [0.2, 0.25) is 0 Å². The van der Waals surface area contributed by atoms with Gasteiger partial charge in [0.15, 0.2) is 23.9 Å². The lowest BCUT2D eigenvalue weighted by atomic mass is 9.98. The number of ether oxygens (including phenoxy) is 3. The van der Waals surface area contributed by atoms with E-state index in [1.807, 2.05) is 20.8 Å². The van der Waals surface area contributed by atoms with Crippen molar-refractivity contribution in [2.45, 2.75) is 27.2 Å². The molecule has 2 aromatic carbocycles. The van der Waals surface area contributed by atoms with Crippen molar-refractivity contribution in [2.75, 3.05) is 26.4 Å². The molecular weight excluding hydrogens is 386 g/mol. The van der Waals surface area contributed by atoms with Gasteiger partial charge in [-0.2, -0.15) is 0 Å². The van der Waals surface area contributed by atoms with Crippen LogP contribution in [0.25, 0.3) is 0 Å². The molecule has 0 saturated heterocycles. The van der Waals surface area contributed by atoms with Gasteiger partial charge in [0, 0.05) is 17.7 Å². The van der Waals surface area contributed by atoms with Gasteiger partial charge in [0.25, 0.3) is 5.91 Å². The summed E-state index contributed by atoms with van der Waals surface area (Å²) in [6.07, 6.45) is 0.781. The second-order valence-electron chi connectivity index (χ2n) is 6.33. The first-order chi connectivity index (χ1) is 14.5. The Bertz CT molecular complexity index is 893. The summed E-state index contributed by atoms with van der Waals surface area (Å²) in [5, 5.41) is 2.63. The fraction of sp³-hybridized carbons (Fsp3) is 0.348. The van der Waals surface area contributed by atoms with Crippen molar-refractivity contribution in [1.82, 2.24) is 5.32 Å². The number of carbonyl (C=O) groups is 3. The lowest BCUT2D eigenvalue weighted by Crippen LogP contribution is -2.29. The van der Waals surface area contributed by atoms with Crippen molar-refractivity contribution in [3.05, 3.63) is 59.2 Å². The van der Waals surface area contributed by atoms with E-state index < -0.39 is 12.6 Å². The summed E-state index contributed by atoms with van der Waals surface area (Å²) in [4.78, 5) is 37.3. The second-order valence-corrected chi connectivity index (χ2v) is 6.33. The van der Waals surface area contributed by atoms with E-state index in [2.05, 4.69) is 5.32 Å². The van der Waals surface area contributed by atoms with Crippen molar-refractivity contribution >= 4 is 17.7 Å². The fourth-order valence-electron chi connectivity index (χ4n) is 2.73. The lowest BCUT2D eigenvalue weighted by Gasteiger charge is -2.13. The number of ketones is 1. The first-order valence-electron chi connectivity index (χ1n) is 9.98. The van der Waals surface area contributed by atoms with Crippen LogP contribution in [-0.2, 0) is 9.53 Å². The normalized spacial score (nSPS) is 10.2. The molecule has 0 aliphatic carbocycles. The van der Waals surface area contributed by atoms with Crippen LogP contribution in [0, 0.1) is 0 Å². The van der Waals surface area contributed by atoms with Gasteiger partial charge in [-0.15, -0.1) is 0 Å². The smallest absolute Gasteiger partial charge is 0.339 e. The fourth-order valence-corrected chi connectivity index (χ4v) is 2.73. The number of esters is 1. The van der Waals surface area contributed by atoms with Gasteiger partial charge in [-0.25, -0.2) is 4.79 Å². The number of rotatable bonds is 11. The standard InChI is InChI=1S/C23H27NO6/c1-4-13-24-21(25)15-30-23(27)18-10-8-7-9-17(18)22(26)16-11-12-19(28-5-2)20(14-16)29-6-3/h7-12,14H,4-6,13,15H2,1-3H3,(H,24,25). The third-order valence-corrected chi connectivity index (χ3v) is 4.10. The minimum absolute atomic E-state index is 0.0950. The zero-order valence-corrected chi connectivity index (χ0v) is 17.5. The van der Waals surface area contributed by atoms with E-state index in [4.69, 9.17) is 14.2 Å². The predicted octanol–water partition coefficient (Wildman–Crippen LogP) is 3.40. The van der Waals surface area contributed by atoms with E-state index in [0.717, 1.165) is 6.42 Å². The van der Waals surface area contributed by atoms with Gasteiger partial charge in [-0.05, 0) is 44.5 Å². The van der Waals surface area contributed by atoms with Crippen LogP contribution in [0.1, 0.15) is 53.5 Å². The summed E-state index contributed by atoms with van der Waals surface area (Å²) in [6.45, 7) is 6.61. The first kappa shape index (κ1) is 22.9. The molecule has 7 heteroatoms. The van der Waals surface area contributed by atoms with Gasteiger partial charge < -0.3 is 19.5 Å². The molecule has 0 saturated carbocycles. The monoisotopic (exact) mass is 413 g/mol. The Morgan fingerprint density at radius 2 is 1.53 bits per heavy atom. The molecule has 0 aromatic heterocycles. The average Bonchev–Trinajstić information content (AvgIpc) is 2.77. The zero-order chi connectivity index (χ0) is 21.9. The molecule has 30 heavy (non-hydrogen) atoms. The molecule has 0 unspecified atom stereocenters. The van der Waals surface area contributed by atoms with Gasteiger partial charge in [0.05, 0.1) is 18.8 Å². The van der Waals surface area contributed by atoms with E-state index in [1.165, 1.54) is 6.07 Å². The SMILES string of the molecule is CCCNC(=O)COC(=O)c1ccccc1C(=O)c1ccc(OCC)c(OCC)c1. The van der Waals surface area contributed by atoms with Crippen LogP contribution in [-0.4, -0.2) is 44.0 Å². The molecule has 1 N–H and O–H groups in total. The Kier molecular flexibility index (Phi) is 8.87. The maximum Gasteiger partial charge on any atom is 0.339 e. The van der Waals surface area contributed by atoms with Crippen LogP contribution in [0.5, 0.6) is 11.5 Å². The molecule has 1 amide bonds. The van der Waals surface area contributed by atoms with E-state index in [9.17, 15) is 14.4 Å². The number of amides is 1. The van der Waals surface area contributed by atoms with Crippen molar-refractivity contribution in [2.24, 2.45) is 0 Å². The van der Waals surface area contributed by atoms with Gasteiger partial charge in [-0.1, -0.05) is 25.1 Å². The number of carbonyl (C=O) groups excluding carboxylic acids is 3. The molecule has 0 atom stereocenters. The Morgan fingerprint density at radius 3 is 2.20 bits per heavy atom. The molecular formula is C23H27NO6. The van der Waals surface area contributed by atoms with Gasteiger partial charge in [0.2, 0.25) is 0 Å². The Labute approximate surface area is 176 Å². The first-order valence-corrected chi connectivity index (χ1v) is 9.98. The van der Waals surface area contributed by atoms with Crippen LogP contribution in [0.15, 0.2) is 42.5 Å². The molecule has 7 nitrogen and oxygen atoms in total. The van der Waals surface area contributed by atoms with Crippen LogP contribution in [0.4, 0.5) is 0 Å². The summed E-state index contributed by atoms with van der Waals surface area (Å²) in [7, 11) is 0. The molecule has 2 aromatic rings. The van der Waals surface area contributed by atoms with E-state index in [1.54, 1.807) is 36.4 Å². The number of benzene rings is 2. The minimum atomic E-state index is -0.735. The topological polar surface area (TPSA) is 90.9 Å². The summed E-state index contributed by atoms with van der Waals surface area (Å²) >= 11 is 0. The minimum Gasteiger partial charge on any atom is -0.490 e. The molecule has 2 rings (SSSR count). The molecule has 0 spiro atoms. The van der Waals surface area contributed by atoms with Gasteiger partial charge in [-0.3, -0.25) is 9.59 Å². The maximum absolute atomic E-state index is 13.1. The van der Waals surface area contributed by atoms with E-state index in [0.29, 0.717) is 36.8 Å². The maximum atomic E-state index is 13.1. The highest BCUT2D eigenvalue weighted by Gasteiger charge is 2.21. The third-order valence-electron chi connectivity index (χ3n) is 4.10. The summed E-state index contributed by atoms with van der Waals surface area (Å²) in [5.41, 5.74) is 0.628. The van der Waals surface area contributed by atoms with Crippen molar-refractivity contribution in [3.63, 3.8) is 0 Å². The summed E-state index contributed by atoms with van der Waals surface area (Å²) in [6, 6.07) is 11.2. The van der Waals surface area contributed by atoms with Gasteiger partial charge in [0.1, 0.15) is 0 Å². The molecule has 0 bridgehead atoms. The molecule has 0 aliphatic heterocycles. The zero-order valence-electron chi connectivity index (χ0n) is 17.5. The Hall–Kier alpha value is -3.35. The molecule has 0 heterocycles. The second kappa shape index (κ2) is 11.6. The number of hydrogen-bond donors (Lipinski definition) is 1. The summed E-state index contributed by atoms with van der Waals surface area (Å²) in [5.74, 6) is -0.482. The molecule has 0 fully saturated rings. The van der Waals surface area contributed by atoms with Crippen LogP contribution >= 0.6 is 0 Å². The highest BCUT2D eigenvalue weighted by molar-refractivity contribution is 6.14. The average molecular weight is 413 g/mol. The lowest BCUT2D eigenvalue weighted by molar-refractivity contribution is -0.124. The van der Waals surface area contributed by atoms with Crippen molar-refractivity contribution < 1.29 is 28.6 Å². The number of nitrogens with one attached hydrogen (secondary N) is 1. The third kappa shape index (κ3) is 6.07. The quantitative estimate of drug-likeness (QED) is 0.449. The molecule has 0 radical (unpaired) electrons. The Balaban J connectivity index is 2.24. The number of hydrogen-bond acceptors (Lipinski definition) is 6. The van der Waals surface area contributed by atoms with E-state index >= 15 is 0 Å². The highest BCUT2D eigenvalue weighted by Crippen LogP contribution is 2.30. The highest BCUT2D eigenvalue weighted by atomic mass is 16.5. The van der Waals surface area contributed by atoms with E-state index in [-0.39, 0.29) is 22.8 Å². The van der Waals surface area contributed by atoms with Crippen LogP contribution in [0.3, 0.4) is 0 Å². The van der Waals surface area contributed by atoms with Crippen LogP contribution < -0.4 is 14.8 Å². The van der Waals surface area contributed by atoms with Gasteiger partial charge >= 0.3 is 5.97 Å². The Morgan fingerprint density at radius 1 is 0.867 bits per heavy atom. The largest absolute Gasteiger partial charge is 0.490 e. The van der Waals surface area contributed by atoms with Crippen molar-refractivity contribution in [3.8, 4) is 11.5 Å². The molecule has 160 valence electrons. The molecule has 0 aliphatic rings. The summed E-state index contributed by atoms with van der Waals surface area (Å²) < 4.78 is 16.2. The predicted molar refractivity (Wildman–Crippen MR) is 112 cm³/mol.